The first-order chi connectivity index (χ1) is 18.9. The summed E-state index contributed by atoms with van der Waals surface area (Å²) in [5.74, 6) is -0.276. The number of carbonyl (C=O) groups excluding carboxylic acids is 2. The van der Waals surface area contributed by atoms with Crippen LogP contribution in [0.1, 0.15) is 51.7 Å². The van der Waals surface area contributed by atoms with E-state index in [4.69, 9.17) is 0 Å². The molecule has 3 aromatic carbocycles. The molecule has 0 fully saturated rings. The van der Waals surface area contributed by atoms with Gasteiger partial charge >= 0.3 is 0 Å². The maximum Gasteiger partial charge on any atom is 0.264 e. The van der Waals surface area contributed by atoms with E-state index >= 15 is 0 Å². The van der Waals surface area contributed by atoms with E-state index in [0.29, 0.717) is 12.2 Å². The van der Waals surface area contributed by atoms with Crippen LogP contribution in [0.3, 0.4) is 0 Å². The van der Waals surface area contributed by atoms with Gasteiger partial charge in [0.15, 0.2) is 0 Å². The predicted octanol–water partition coefficient (Wildman–Crippen LogP) is 5.96. The number of carbonyl (C=O) groups is 2. The zero-order valence-electron chi connectivity index (χ0n) is 23.7. The molecule has 0 aliphatic rings. The van der Waals surface area contributed by atoms with E-state index in [0.717, 1.165) is 19.9 Å². The van der Waals surface area contributed by atoms with Gasteiger partial charge in [-0.3, -0.25) is 13.9 Å². The number of hydrogen-bond donors (Lipinski definition) is 1. The highest BCUT2D eigenvalue weighted by atomic mass is 79.9. The lowest BCUT2D eigenvalue weighted by molar-refractivity contribution is -0.139. The second-order valence-electron chi connectivity index (χ2n) is 10.5. The summed E-state index contributed by atoms with van der Waals surface area (Å²) in [5, 5.41) is 2.90. The van der Waals surface area contributed by atoms with Gasteiger partial charge in [-0.25, -0.2) is 8.42 Å². The number of sulfonamides is 1. The number of nitrogens with zero attached hydrogens (tertiary/aromatic N) is 2. The Kier molecular flexibility index (Phi) is 10.9. The molecule has 0 aliphatic carbocycles. The highest BCUT2D eigenvalue weighted by Gasteiger charge is 2.32. The molecule has 0 bridgehead atoms. The molecule has 3 rings (SSSR count). The number of halogens is 1. The van der Waals surface area contributed by atoms with Gasteiger partial charge < -0.3 is 10.2 Å². The van der Waals surface area contributed by atoms with E-state index in [9.17, 15) is 18.0 Å². The molecule has 9 heteroatoms. The molecule has 0 saturated carbocycles. The first-order valence-electron chi connectivity index (χ1n) is 13.4. The number of anilines is 1. The molecular formula is C31H38BrN3O4S. The third-order valence-electron chi connectivity index (χ3n) is 6.55. The van der Waals surface area contributed by atoms with Crippen LogP contribution in [-0.2, 0) is 26.2 Å². The number of amides is 2. The van der Waals surface area contributed by atoms with Gasteiger partial charge in [0.2, 0.25) is 11.8 Å². The molecule has 0 spiro atoms. The van der Waals surface area contributed by atoms with Crippen molar-refractivity contribution in [2.24, 2.45) is 5.92 Å². The Balaban J connectivity index is 2.01. The molecule has 1 atom stereocenters. The summed E-state index contributed by atoms with van der Waals surface area (Å²) in [6.45, 7) is 9.91. The number of benzene rings is 3. The van der Waals surface area contributed by atoms with Gasteiger partial charge in [-0.2, -0.15) is 0 Å². The quantitative estimate of drug-likeness (QED) is 0.268. The lowest BCUT2D eigenvalue weighted by Gasteiger charge is -2.32. The molecule has 1 N–H and O–H groups in total. The van der Waals surface area contributed by atoms with E-state index in [-0.39, 0.29) is 29.2 Å². The molecule has 7 nitrogen and oxygen atoms in total. The van der Waals surface area contributed by atoms with Crippen LogP contribution >= 0.6 is 15.9 Å². The molecule has 40 heavy (non-hydrogen) atoms. The normalized spacial score (nSPS) is 12.3. The average Bonchev–Trinajstić information content (AvgIpc) is 2.93. The lowest BCUT2D eigenvalue weighted by Crippen LogP contribution is -2.51. The van der Waals surface area contributed by atoms with Crippen molar-refractivity contribution in [2.45, 2.75) is 58.0 Å². The SMILES string of the molecule is CC(C)CNC(=O)C(C)N(Cc1cccc(Br)c1)C(=O)CN(c1ccc(C(C)C)cc1)S(=O)(=O)c1ccccc1. The standard InChI is InChI=1S/C31H38BrN3O4S/c1-22(2)19-33-31(37)24(5)34(20-25-10-9-11-27(32)18-25)30(36)21-35(28-16-14-26(15-17-28)23(3)4)40(38,39)29-12-7-6-8-13-29/h6-18,22-24H,19-21H2,1-5H3,(H,33,37). The second-order valence-corrected chi connectivity index (χ2v) is 13.3. The summed E-state index contributed by atoms with van der Waals surface area (Å²) in [6.07, 6.45) is 0. The maximum absolute atomic E-state index is 14.0. The van der Waals surface area contributed by atoms with Crippen LogP contribution in [0.25, 0.3) is 0 Å². The van der Waals surface area contributed by atoms with E-state index in [1.54, 1.807) is 37.3 Å². The summed E-state index contributed by atoms with van der Waals surface area (Å²) in [7, 11) is -4.09. The zero-order valence-corrected chi connectivity index (χ0v) is 26.1. The third kappa shape index (κ3) is 8.17. The molecule has 0 aromatic heterocycles. The van der Waals surface area contributed by atoms with Gasteiger partial charge in [0, 0.05) is 17.6 Å². The van der Waals surface area contributed by atoms with Crippen molar-refractivity contribution in [3.05, 3.63) is 94.5 Å². The van der Waals surface area contributed by atoms with Gasteiger partial charge in [0.1, 0.15) is 12.6 Å². The van der Waals surface area contributed by atoms with Crippen molar-refractivity contribution in [3.8, 4) is 0 Å². The predicted molar refractivity (Wildman–Crippen MR) is 164 cm³/mol. The van der Waals surface area contributed by atoms with E-state index < -0.39 is 28.5 Å². The summed E-state index contributed by atoms with van der Waals surface area (Å²) in [5.41, 5.74) is 2.24. The van der Waals surface area contributed by atoms with Crippen molar-refractivity contribution in [1.29, 1.82) is 0 Å². The number of hydrogen-bond acceptors (Lipinski definition) is 4. The minimum absolute atomic E-state index is 0.0806. The Morgan fingerprint density at radius 3 is 2.10 bits per heavy atom. The third-order valence-corrected chi connectivity index (χ3v) is 8.83. The van der Waals surface area contributed by atoms with Gasteiger partial charge in [0.25, 0.3) is 10.0 Å². The monoisotopic (exact) mass is 627 g/mol. The summed E-state index contributed by atoms with van der Waals surface area (Å²) >= 11 is 3.46. The molecule has 2 amide bonds. The van der Waals surface area contributed by atoms with Crippen LogP contribution in [0, 0.1) is 5.92 Å². The Morgan fingerprint density at radius 2 is 1.52 bits per heavy atom. The van der Waals surface area contributed by atoms with E-state index in [1.165, 1.54) is 17.0 Å². The Hall–Kier alpha value is -3.17. The fourth-order valence-corrected chi connectivity index (χ4v) is 6.02. The molecule has 0 radical (unpaired) electrons. The van der Waals surface area contributed by atoms with Gasteiger partial charge in [-0.1, -0.05) is 86.1 Å². The van der Waals surface area contributed by atoms with Gasteiger partial charge in [0.05, 0.1) is 10.6 Å². The van der Waals surface area contributed by atoms with Crippen LogP contribution < -0.4 is 9.62 Å². The van der Waals surface area contributed by atoms with Gasteiger partial charge in [-0.15, -0.1) is 0 Å². The Morgan fingerprint density at radius 1 is 0.875 bits per heavy atom. The lowest BCUT2D eigenvalue weighted by atomic mass is 10.0. The topological polar surface area (TPSA) is 86.8 Å². The fourth-order valence-electron chi connectivity index (χ4n) is 4.14. The van der Waals surface area contributed by atoms with E-state index in [2.05, 4.69) is 35.1 Å². The minimum Gasteiger partial charge on any atom is -0.354 e. The second kappa shape index (κ2) is 13.9. The van der Waals surface area contributed by atoms with Crippen LogP contribution in [-0.4, -0.2) is 44.3 Å². The van der Waals surface area contributed by atoms with Gasteiger partial charge in [-0.05, 0) is 66.3 Å². The Bertz CT molecular complexity index is 1390. The molecule has 214 valence electrons. The summed E-state index contributed by atoms with van der Waals surface area (Å²) < 4.78 is 29.7. The van der Waals surface area contributed by atoms with Crippen molar-refractivity contribution < 1.29 is 18.0 Å². The molecule has 0 aliphatic heterocycles. The van der Waals surface area contributed by atoms with E-state index in [1.807, 2.05) is 50.2 Å². The minimum atomic E-state index is -4.09. The number of nitrogens with one attached hydrogen (secondary N) is 1. The van der Waals surface area contributed by atoms with Crippen LogP contribution in [0.4, 0.5) is 5.69 Å². The first-order valence-corrected chi connectivity index (χ1v) is 15.6. The van der Waals surface area contributed by atoms with Crippen LogP contribution in [0.15, 0.2) is 88.2 Å². The maximum atomic E-state index is 14.0. The van der Waals surface area contributed by atoms with Crippen molar-refractivity contribution in [1.82, 2.24) is 10.2 Å². The first kappa shape index (κ1) is 31.4. The molecular weight excluding hydrogens is 590 g/mol. The van der Waals surface area contributed by atoms with Crippen LogP contribution in [0.5, 0.6) is 0 Å². The Labute approximate surface area is 246 Å². The molecule has 1 unspecified atom stereocenters. The summed E-state index contributed by atoms with van der Waals surface area (Å²) in [4.78, 5) is 28.6. The van der Waals surface area contributed by atoms with Crippen molar-refractivity contribution in [2.75, 3.05) is 17.4 Å². The van der Waals surface area contributed by atoms with Crippen LogP contribution in [0.2, 0.25) is 0 Å². The van der Waals surface area contributed by atoms with Crippen molar-refractivity contribution >= 4 is 43.5 Å². The molecule has 3 aromatic rings. The highest BCUT2D eigenvalue weighted by Crippen LogP contribution is 2.27. The largest absolute Gasteiger partial charge is 0.354 e. The number of rotatable bonds is 12. The average molecular weight is 629 g/mol. The molecule has 0 heterocycles. The molecule has 0 saturated heterocycles. The zero-order chi connectivity index (χ0) is 29.4. The highest BCUT2D eigenvalue weighted by molar-refractivity contribution is 9.10. The summed E-state index contributed by atoms with van der Waals surface area (Å²) in [6, 6.07) is 21.9. The fraction of sp³-hybridized carbons (Fsp3) is 0.355. The van der Waals surface area contributed by atoms with Crippen molar-refractivity contribution in [3.63, 3.8) is 0 Å². The smallest absolute Gasteiger partial charge is 0.264 e.